The van der Waals surface area contributed by atoms with E-state index in [2.05, 4.69) is 34.7 Å². The molecule has 4 nitrogen and oxygen atoms in total. The number of aromatic nitrogens is 1. The van der Waals surface area contributed by atoms with Gasteiger partial charge in [0.15, 0.2) is 0 Å². The maximum absolute atomic E-state index is 11.6. The Hall–Kier alpha value is -2.36. The summed E-state index contributed by atoms with van der Waals surface area (Å²) in [5.41, 5.74) is 2.50. The molecular formula is C15H17N3O. The Kier molecular flexibility index (Phi) is 4.50. The number of hydrogen-bond acceptors (Lipinski definition) is 2. The van der Waals surface area contributed by atoms with Gasteiger partial charge in [0, 0.05) is 12.7 Å². The van der Waals surface area contributed by atoms with E-state index in [1.54, 1.807) is 18.3 Å². The molecule has 98 valence electrons. The number of nitrogens with one attached hydrogen (secondary N) is 2. The van der Waals surface area contributed by atoms with E-state index in [4.69, 9.17) is 0 Å². The van der Waals surface area contributed by atoms with E-state index in [0.29, 0.717) is 12.4 Å². The molecule has 4 heteroatoms. The third-order valence-electron chi connectivity index (χ3n) is 2.85. The number of hydrogen-bond donors (Lipinski definition) is 2. The Bertz CT molecular complexity index is 540. The van der Waals surface area contributed by atoms with E-state index in [1.807, 2.05) is 18.2 Å². The lowest BCUT2D eigenvalue weighted by atomic mass is 10.1. The average Bonchev–Trinajstić information content (AvgIpc) is 2.42. The molecule has 0 saturated heterocycles. The summed E-state index contributed by atoms with van der Waals surface area (Å²) in [6.07, 6.45) is 2.46. The summed E-state index contributed by atoms with van der Waals surface area (Å²) >= 11 is 0. The van der Waals surface area contributed by atoms with Crippen LogP contribution in [0.25, 0.3) is 0 Å². The third-order valence-corrected chi connectivity index (χ3v) is 2.85. The monoisotopic (exact) mass is 255 g/mol. The molecule has 2 rings (SSSR count). The molecule has 1 aromatic carbocycles. The Labute approximate surface area is 112 Å². The second-order valence-corrected chi connectivity index (χ2v) is 4.27. The van der Waals surface area contributed by atoms with Crippen LogP contribution < -0.4 is 10.6 Å². The molecule has 0 saturated carbocycles. The van der Waals surface area contributed by atoms with Crippen molar-refractivity contribution in [3.63, 3.8) is 0 Å². The fourth-order valence-electron chi connectivity index (χ4n) is 1.80. The zero-order valence-electron chi connectivity index (χ0n) is 10.9. The predicted octanol–water partition coefficient (Wildman–Crippen LogP) is 2.75. The number of urea groups is 1. The molecule has 0 aliphatic carbocycles. The van der Waals surface area contributed by atoms with Crippen LogP contribution in [0.1, 0.15) is 11.1 Å². The molecule has 19 heavy (non-hydrogen) atoms. The van der Waals surface area contributed by atoms with E-state index in [9.17, 15) is 4.79 Å². The summed E-state index contributed by atoms with van der Waals surface area (Å²) in [6, 6.07) is 13.3. The number of amides is 2. The van der Waals surface area contributed by atoms with E-state index < -0.39 is 0 Å². The fourth-order valence-corrected chi connectivity index (χ4v) is 1.80. The van der Waals surface area contributed by atoms with Gasteiger partial charge in [-0.2, -0.15) is 0 Å². The second-order valence-electron chi connectivity index (χ2n) is 4.27. The van der Waals surface area contributed by atoms with Gasteiger partial charge in [0.05, 0.1) is 0 Å². The molecule has 2 aromatic rings. The Morgan fingerprint density at radius 3 is 2.68 bits per heavy atom. The van der Waals surface area contributed by atoms with Crippen molar-refractivity contribution in [1.82, 2.24) is 10.3 Å². The van der Waals surface area contributed by atoms with Gasteiger partial charge in [-0.25, -0.2) is 9.78 Å². The highest BCUT2D eigenvalue weighted by Crippen LogP contribution is 2.06. The van der Waals surface area contributed by atoms with Crippen molar-refractivity contribution < 1.29 is 4.79 Å². The molecule has 2 N–H and O–H groups in total. The van der Waals surface area contributed by atoms with Crippen molar-refractivity contribution in [2.45, 2.75) is 13.3 Å². The minimum Gasteiger partial charge on any atom is -0.337 e. The molecule has 1 aromatic heterocycles. The molecule has 0 aliphatic rings. The highest BCUT2D eigenvalue weighted by molar-refractivity contribution is 5.88. The molecule has 0 spiro atoms. The van der Waals surface area contributed by atoms with Crippen LogP contribution >= 0.6 is 0 Å². The minimum atomic E-state index is -0.229. The molecule has 0 radical (unpaired) electrons. The topological polar surface area (TPSA) is 54.0 Å². The van der Waals surface area contributed by atoms with Gasteiger partial charge in [-0.3, -0.25) is 5.32 Å². The molecule has 0 unspecified atom stereocenters. The zero-order valence-corrected chi connectivity index (χ0v) is 10.9. The largest absolute Gasteiger partial charge is 0.337 e. The maximum atomic E-state index is 11.6. The zero-order chi connectivity index (χ0) is 13.5. The number of benzene rings is 1. The van der Waals surface area contributed by atoms with Crippen molar-refractivity contribution >= 4 is 11.8 Å². The first-order valence-electron chi connectivity index (χ1n) is 6.26. The van der Waals surface area contributed by atoms with Gasteiger partial charge in [0.25, 0.3) is 0 Å². The van der Waals surface area contributed by atoms with Crippen LogP contribution in [-0.4, -0.2) is 17.6 Å². The van der Waals surface area contributed by atoms with Gasteiger partial charge < -0.3 is 5.32 Å². The average molecular weight is 255 g/mol. The third kappa shape index (κ3) is 4.10. The maximum Gasteiger partial charge on any atom is 0.320 e. The van der Waals surface area contributed by atoms with Gasteiger partial charge in [-0.05, 0) is 36.6 Å². The van der Waals surface area contributed by atoms with Gasteiger partial charge in [0.2, 0.25) is 0 Å². The van der Waals surface area contributed by atoms with Gasteiger partial charge in [-0.15, -0.1) is 0 Å². The molecule has 1 heterocycles. The Morgan fingerprint density at radius 1 is 1.16 bits per heavy atom. The molecule has 0 bridgehead atoms. The summed E-state index contributed by atoms with van der Waals surface area (Å²) in [6.45, 7) is 2.67. The van der Waals surface area contributed by atoms with Crippen LogP contribution in [0.3, 0.4) is 0 Å². The van der Waals surface area contributed by atoms with Crippen LogP contribution in [-0.2, 0) is 6.42 Å². The van der Waals surface area contributed by atoms with E-state index in [1.165, 1.54) is 11.1 Å². The number of carbonyl (C=O) groups excluding carboxylic acids is 1. The van der Waals surface area contributed by atoms with Gasteiger partial charge in [0.1, 0.15) is 5.82 Å². The first kappa shape index (κ1) is 13.1. The summed E-state index contributed by atoms with van der Waals surface area (Å²) in [7, 11) is 0. The standard InChI is InChI=1S/C15H17N3O/c1-12-6-2-3-7-13(12)9-11-17-15(19)18-14-8-4-5-10-16-14/h2-8,10H,9,11H2,1H3,(H2,16,17,18,19). The molecule has 2 amide bonds. The van der Waals surface area contributed by atoms with E-state index in [0.717, 1.165) is 6.42 Å². The van der Waals surface area contributed by atoms with Crippen LogP contribution in [0.4, 0.5) is 10.6 Å². The number of rotatable bonds is 4. The van der Waals surface area contributed by atoms with Crippen LogP contribution in [0.2, 0.25) is 0 Å². The Balaban J connectivity index is 1.77. The number of aryl methyl sites for hydroxylation is 1. The summed E-state index contributed by atoms with van der Waals surface area (Å²) < 4.78 is 0. The smallest absolute Gasteiger partial charge is 0.320 e. The number of carbonyl (C=O) groups is 1. The van der Waals surface area contributed by atoms with Crippen LogP contribution in [0, 0.1) is 6.92 Å². The molecule has 0 aliphatic heterocycles. The van der Waals surface area contributed by atoms with Crippen molar-refractivity contribution in [3.05, 3.63) is 59.8 Å². The summed E-state index contributed by atoms with van der Waals surface area (Å²) in [5.74, 6) is 0.552. The highest BCUT2D eigenvalue weighted by Gasteiger charge is 2.02. The van der Waals surface area contributed by atoms with E-state index >= 15 is 0 Å². The molecule has 0 fully saturated rings. The SMILES string of the molecule is Cc1ccccc1CCNC(=O)Nc1ccccn1. The minimum absolute atomic E-state index is 0.229. The highest BCUT2D eigenvalue weighted by atomic mass is 16.2. The fraction of sp³-hybridized carbons (Fsp3) is 0.200. The van der Waals surface area contributed by atoms with Crippen molar-refractivity contribution in [1.29, 1.82) is 0 Å². The van der Waals surface area contributed by atoms with E-state index in [-0.39, 0.29) is 6.03 Å². The summed E-state index contributed by atoms with van der Waals surface area (Å²) in [4.78, 5) is 15.7. The lowest BCUT2D eigenvalue weighted by molar-refractivity contribution is 0.252. The molecule has 0 atom stereocenters. The van der Waals surface area contributed by atoms with Crippen molar-refractivity contribution in [2.75, 3.05) is 11.9 Å². The van der Waals surface area contributed by atoms with Crippen molar-refractivity contribution in [3.8, 4) is 0 Å². The summed E-state index contributed by atoms with van der Waals surface area (Å²) in [5, 5.41) is 5.50. The number of pyridine rings is 1. The van der Waals surface area contributed by atoms with Gasteiger partial charge in [-0.1, -0.05) is 30.3 Å². The normalized spacial score (nSPS) is 9.95. The number of nitrogens with zero attached hydrogens (tertiary/aromatic N) is 1. The number of anilines is 1. The quantitative estimate of drug-likeness (QED) is 0.882. The second kappa shape index (κ2) is 6.54. The Morgan fingerprint density at radius 2 is 1.95 bits per heavy atom. The van der Waals surface area contributed by atoms with Crippen LogP contribution in [0.5, 0.6) is 0 Å². The van der Waals surface area contributed by atoms with Crippen LogP contribution in [0.15, 0.2) is 48.7 Å². The molecular weight excluding hydrogens is 238 g/mol. The lowest BCUT2D eigenvalue weighted by Crippen LogP contribution is -2.30. The first-order chi connectivity index (χ1) is 9.25. The van der Waals surface area contributed by atoms with Crippen molar-refractivity contribution in [2.24, 2.45) is 0 Å². The lowest BCUT2D eigenvalue weighted by Gasteiger charge is -2.08. The first-order valence-corrected chi connectivity index (χ1v) is 6.26. The predicted molar refractivity (Wildman–Crippen MR) is 76.1 cm³/mol. The van der Waals surface area contributed by atoms with Gasteiger partial charge >= 0.3 is 6.03 Å².